The van der Waals surface area contributed by atoms with Gasteiger partial charge in [0, 0.05) is 0 Å². The topological polar surface area (TPSA) is 9.23 Å². The third kappa shape index (κ3) is 5.57. The molecule has 0 bridgehead atoms. The highest BCUT2D eigenvalue weighted by Crippen LogP contribution is 2.33. The molecule has 0 unspecified atom stereocenters. The minimum Gasteiger partial charge on any atom is -0.491 e. The van der Waals surface area contributed by atoms with Gasteiger partial charge < -0.3 is 4.74 Å². The van der Waals surface area contributed by atoms with E-state index < -0.39 is 21.2 Å². The van der Waals surface area contributed by atoms with Crippen LogP contribution in [-0.4, -0.2) is 16.1 Å². The molecular formula is C20H32F2OSi. The average Bonchev–Trinajstić information content (AvgIpc) is 2.60. The molecule has 1 nitrogen and oxygen atoms in total. The van der Waals surface area contributed by atoms with Crippen molar-refractivity contribution in [2.24, 2.45) is 11.8 Å². The number of unbranched alkanes of at least 4 members (excludes halogenated alkanes) is 2. The fourth-order valence-electron chi connectivity index (χ4n) is 3.88. The van der Waals surface area contributed by atoms with E-state index in [1.807, 2.05) is 0 Å². The van der Waals surface area contributed by atoms with Crippen LogP contribution < -0.4 is 9.92 Å². The number of hydrogen-bond donors (Lipinski definition) is 0. The summed E-state index contributed by atoms with van der Waals surface area (Å²) < 4.78 is 33.2. The van der Waals surface area contributed by atoms with Crippen molar-refractivity contribution < 1.29 is 13.5 Å². The number of benzene rings is 1. The maximum absolute atomic E-state index is 14.2. The Kier molecular flexibility index (Phi) is 8.23. The molecule has 1 fully saturated rings. The van der Waals surface area contributed by atoms with Gasteiger partial charge in [0.1, 0.15) is 0 Å². The lowest BCUT2D eigenvalue weighted by Crippen LogP contribution is -2.24. The number of rotatable bonds is 9. The Balaban J connectivity index is 1.77. The van der Waals surface area contributed by atoms with Gasteiger partial charge in [-0.15, -0.1) is 0 Å². The quantitative estimate of drug-likeness (QED) is 0.450. The van der Waals surface area contributed by atoms with Crippen LogP contribution in [0.3, 0.4) is 0 Å². The maximum Gasteiger partial charge on any atom is 0.200 e. The third-order valence-corrected chi connectivity index (χ3v) is 7.62. The molecule has 1 saturated carbocycles. The summed E-state index contributed by atoms with van der Waals surface area (Å²) in [7, 11) is -0.744. The molecule has 0 aromatic heterocycles. The van der Waals surface area contributed by atoms with Gasteiger partial charge in [-0.05, 0) is 30.0 Å². The zero-order valence-electron chi connectivity index (χ0n) is 15.3. The van der Waals surface area contributed by atoms with Crippen molar-refractivity contribution in [3.63, 3.8) is 0 Å². The van der Waals surface area contributed by atoms with Crippen molar-refractivity contribution in [3.05, 3.63) is 23.8 Å². The van der Waals surface area contributed by atoms with Gasteiger partial charge in [0.25, 0.3) is 0 Å². The summed E-state index contributed by atoms with van der Waals surface area (Å²) in [4.78, 5) is 0. The van der Waals surface area contributed by atoms with Gasteiger partial charge in [0.15, 0.2) is 17.4 Å². The number of ether oxygens (including phenoxy) is 1. The van der Waals surface area contributed by atoms with Crippen molar-refractivity contribution in [2.45, 2.75) is 71.3 Å². The first-order valence-electron chi connectivity index (χ1n) is 9.75. The lowest BCUT2D eigenvalue weighted by atomic mass is 9.80. The molecule has 4 heteroatoms. The first-order valence-corrected chi connectivity index (χ1v) is 11.5. The molecule has 136 valence electrons. The molecule has 0 N–H and O–H groups in total. The highest BCUT2D eigenvalue weighted by molar-refractivity contribution is 6.53. The summed E-state index contributed by atoms with van der Waals surface area (Å²) >= 11 is 0. The maximum atomic E-state index is 14.2. The molecule has 1 aromatic rings. The number of halogens is 2. The highest BCUT2D eigenvalue weighted by Gasteiger charge is 2.22. The Bertz CT molecular complexity index is 499. The van der Waals surface area contributed by atoms with E-state index in [2.05, 4.69) is 6.92 Å². The zero-order chi connectivity index (χ0) is 17.4. The molecule has 0 heterocycles. The first-order chi connectivity index (χ1) is 11.7. The second-order valence-corrected chi connectivity index (χ2v) is 9.04. The number of hydrogen-bond acceptors (Lipinski definition) is 1. The van der Waals surface area contributed by atoms with Crippen LogP contribution >= 0.6 is 0 Å². The van der Waals surface area contributed by atoms with Crippen LogP contribution in [-0.2, 0) is 0 Å². The molecule has 0 atom stereocenters. The van der Waals surface area contributed by atoms with Gasteiger partial charge in [0.2, 0.25) is 0 Å². The Labute approximate surface area is 148 Å². The minimum absolute atomic E-state index is 0.0420. The first kappa shape index (κ1) is 19.4. The summed E-state index contributed by atoms with van der Waals surface area (Å²) in [6, 6.07) is 4.44. The largest absolute Gasteiger partial charge is 0.491 e. The van der Waals surface area contributed by atoms with Gasteiger partial charge in [-0.3, -0.25) is 0 Å². The van der Waals surface area contributed by atoms with Crippen molar-refractivity contribution in [3.8, 4) is 5.75 Å². The SMILES string of the molecule is CCCCC[C@H]1CC[C@H](C[SiH2]c2ccc(OCC)c(F)c2F)CC1. The average molecular weight is 355 g/mol. The smallest absolute Gasteiger partial charge is 0.200 e. The Morgan fingerprint density at radius 3 is 2.38 bits per heavy atom. The predicted octanol–water partition coefficient (Wildman–Crippen LogP) is 4.96. The minimum atomic E-state index is -0.804. The van der Waals surface area contributed by atoms with Gasteiger partial charge in [-0.25, -0.2) is 4.39 Å². The fourth-order valence-corrected chi connectivity index (χ4v) is 5.84. The van der Waals surface area contributed by atoms with Crippen LogP contribution in [0.2, 0.25) is 6.04 Å². The summed E-state index contributed by atoms with van der Waals surface area (Å²) in [5.74, 6) is 0.213. The van der Waals surface area contributed by atoms with Crippen molar-refractivity contribution in [2.75, 3.05) is 6.61 Å². The van der Waals surface area contributed by atoms with Crippen LogP contribution in [0.1, 0.15) is 65.2 Å². The van der Waals surface area contributed by atoms with E-state index in [1.165, 1.54) is 51.4 Å². The van der Waals surface area contributed by atoms with E-state index in [1.54, 1.807) is 19.1 Å². The molecule has 1 aliphatic carbocycles. The molecule has 2 rings (SSSR count). The second-order valence-electron chi connectivity index (χ2n) is 7.21. The highest BCUT2D eigenvalue weighted by atomic mass is 28.2. The molecule has 1 aliphatic rings. The molecule has 0 radical (unpaired) electrons. The predicted molar refractivity (Wildman–Crippen MR) is 100 cm³/mol. The Morgan fingerprint density at radius 1 is 1.00 bits per heavy atom. The fraction of sp³-hybridized carbons (Fsp3) is 0.700. The molecule has 24 heavy (non-hydrogen) atoms. The van der Waals surface area contributed by atoms with Crippen molar-refractivity contribution in [1.29, 1.82) is 0 Å². The molecule has 1 aromatic carbocycles. The Morgan fingerprint density at radius 2 is 1.71 bits per heavy atom. The summed E-state index contributed by atoms with van der Waals surface area (Å²) in [5, 5.41) is 0.626. The van der Waals surface area contributed by atoms with E-state index in [9.17, 15) is 8.78 Å². The van der Waals surface area contributed by atoms with Gasteiger partial charge in [-0.2, -0.15) is 4.39 Å². The molecular weight excluding hydrogens is 322 g/mol. The van der Waals surface area contributed by atoms with Crippen LogP contribution in [0.25, 0.3) is 0 Å². The Hall–Kier alpha value is -0.903. The molecule has 0 saturated heterocycles. The third-order valence-electron chi connectivity index (χ3n) is 5.43. The lowest BCUT2D eigenvalue weighted by molar-refractivity contribution is 0.272. The van der Waals surface area contributed by atoms with E-state index >= 15 is 0 Å². The van der Waals surface area contributed by atoms with E-state index in [-0.39, 0.29) is 5.75 Å². The van der Waals surface area contributed by atoms with Gasteiger partial charge >= 0.3 is 0 Å². The lowest BCUT2D eigenvalue weighted by Gasteiger charge is -2.28. The van der Waals surface area contributed by atoms with Gasteiger partial charge in [-0.1, -0.05) is 70.4 Å². The molecule has 0 aliphatic heterocycles. The summed E-state index contributed by atoms with van der Waals surface area (Å²) in [6.07, 6.45) is 10.6. The van der Waals surface area contributed by atoms with Crippen LogP contribution in [0, 0.1) is 23.5 Å². The van der Waals surface area contributed by atoms with Crippen LogP contribution in [0.15, 0.2) is 12.1 Å². The summed E-state index contributed by atoms with van der Waals surface area (Å²) in [6.45, 7) is 4.39. The van der Waals surface area contributed by atoms with Crippen LogP contribution in [0.4, 0.5) is 8.78 Å². The summed E-state index contributed by atoms with van der Waals surface area (Å²) in [5.41, 5.74) is 0. The standard InChI is InChI=1S/C20H32F2OSi/c1-3-5-6-7-15-8-10-16(11-9-15)14-24-18-13-12-17(23-4-2)19(21)20(18)22/h12-13,15-16H,3-11,14,24H2,1-2H3/t15-,16-. The zero-order valence-corrected chi connectivity index (χ0v) is 16.7. The normalized spacial score (nSPS) is 21.5. The van der Waals surface area contributed by atoms with Crippen molar-refractivity contribution >= 4 is 14.7 Å². The molecule has 0 spiro atoms. The monoisotopic (exact) mass is 354 g/mol. The van der Waals surface area contributed by atoms with E-state index in [0.29, 0.717) is 11.8 Å². The van der Waals surface area contributed by atoms with Gasteiger partial charge in [0.05, 0.1) is 16.1 Å². The second kappa shape index (κ2) is 10.2. The van der Waals surface area contributed by atoms with Crippen molar-refractivity contribution in [1.82, 2.24) is 0 Å². The van der Waals surface area contributed by atoms with E-state index in [0.717, 1.165) is 17.9 Å². The van der Waals surface area contributed by atoms with Crippen LogP contribution in [0.5, 0.6) is 5.75 Å². The molecule has 0 amide bonds. The van der Waals surface area contributed by atoms with E-state index in [4.69, 9.17) is 4.74 Å².